The van der Waals surface area contributed by atoms with E-state index >= 15 is 0 Å². The van der Waals surface area contributed by atoms with E-state index in [1.165, 1.54) is 103 Å². The second-order valence-corrected chi connectivity index (χ2v) is 22.8. The van der Waals surface area contributed by atoms with E-state index in [-0.39, 0.29) is 69.9 Å². The lowest BCUT2D eigenvalue weighted by Gasteiger charge is -2.08. The van der Waals surface area contributed by atoms with Gasteiger partial charge in [0, 0.05) is 58.0 Å². The van der Waals surface area contributed by atoms with E-state index in [0.717, 1.165) is 47.7 Å². The van der Waals surface area contributed by atoms with Crippen LogP contribution in [0, 0.1) is 0 Å². The van der Waals surface area contributed by atoms with Crippen LogP contribution in [0.2, 0.25) is 0 Å². The number of aryl methyl sites for hydroxylation is 3. The SMILES string of the molecule is Nc1ccc(C(=O)CCc2ccc(C(F)(F)F)cc2)cc1.Nc1ccc(C(=O)O)cc1.O=C(CCc1ccc(C(F)(F)F)cc1)c1ccc(S(=O)(=O)Cl)cc1.O=C(CCc1ccc(C(F)(F)F)cc1)c1ccc(S(=O)(=O)Nc2nncs2)cc1. The number of nitrogens with two attached hydrogens (primary N) is 2. The van der Waals surface area contributed by atoms with Crippen LogP contribution in [0.15, 0.2) is 185 Å². The lowest BCUT2D eigenvalue weighted by Crippen LogP contribution is -2.13. The van der Waals surface area contributed by atoms with Crippen molar-refractivity contribution in [1.82, 2.24) is 10.2 Å². The minimum Gasteiger partial charge on any atom is -0.478 e. The Morgan fingerprint density at radius 3 is 1.04 bits per heavy atom. The Morgan fingerprint density at radius 1 is 0.464 bits per heavy atom. The summed E-state index contributed by atoms with van der Waals surface area (Å²) >= 11 is 1.03. The maximum absolute atomic E-state index is 12.6. The second-order valence-electron chi connectivity index (χ2n) is 17.7. The number of Topliss-reactive ketones (excluding diaryl/α,β-unsaturated/α-hetero) is 3. The number of alkyl halides is 9. The summed E-state index contributed by atoms with van der Waals surface area (Å²) in [6.45, 7) is 0. The number of sulfonamides is 1. The summed E-state index contributed by atoms with van der Waals surface area (Å²) in [5.41, 5.74) is 14.6. The van der Waals surface area contributed by atoms with Gasteiger partial charge >= 0.3 is 24.5 Å². The van der Waals surface area contributed by atoms with Crippen molar-refractivity contribution in [2.24, 2.45) is 0 Å². The molecule has 1 aromatic heterocycles. The van der Waals surface area contributed by atoms with E-state index in [1.807, 2.05) is 0 Å². The van der Waals surface area contributed by atoms with Crippen molar-refractivity contribution in [1.29, 1.82) is 0 Å². The molecule has 0 spiro atoms. The van der Waals surface area contributed by atoms with Gasteiger partial charge in [0.1, 0.15) is 5.51 Å². The molecule has 8 aromatic rings. The second kappa shape index (κ2) is 29.2. The topological polar surface area (TPSA) is 247 Å². The number of anilines is 3. The molecule has 0 radical (unpaired) electrons. The number of rotatable bonds is 17. The monoisotopic (exact) mass is 1250 g/mol. The lowest BCUT2D eigenvalue weighted by atomic mass is 10.0. The summed E-state index contributed by atoms with van der Waals surface area (Å²) in [4.78, 5) is 46.4. The molecule has 6 N–H and O–H groups in total. The fourth-order valence-electron chi connectivity index (χ4n) is 7.10. The highest BCUT2D eigenvalue weighted by Crippen LogP contribution is 2.32. The van der Waals surface area contributed by atoms with Gasteiger partial charge in [-0.1, -0.05) is 72.0 Å². The van der Waals surface area contributed by atoms with Gasteiger partial charge in [-0.05, 0) is 145 Å². The molecule has 0 aliphatic rings. The summed E-state index contributed by atoms with van der Waals surface area (Å²) in [6.07, 6.45) is -11.7. The smallest absolute Gasteiger partial charge is 0.416 e. The van der Waals surface area contributed by atoms with Gasteiger partial charge in [0.15, 0.2) is 17.3 Å². The lowest BCUT2D eigenvalue weighted by molar-refractivity contribution is -0.138. The van der Waals surface area contributed by atoms with E-state index in [4.69, 9.17) is 27.3 Å². The molecule has 0 bridgehead atoms. The number of benzene rings is 7. The third-order valence-electron chi connectivity index (χ3n) is 11.7. The highest BCUT2D eigenvalue weighted by molar-refractivity contribution is 8.13. The Labute approximate surface area is 483 Å². The molecule has 0 amide bonds. The number of aromatic carboxylic acids is 1. The van der Waals surface area contributed by atoms with Gasteiger partial charge in [0.25, 0.3) is 19.1 Å². The number of carbonyl (C=O) groups is 4. The van der Waals surface area contributed by atoms with Gasteiger partial charge < -0.3 is 16.6 Å². The molecule has 0 fully saturated rings. The molecule has 8 rings (SSSR count). The van der Waals surface area contributed by atoms with Crippen molar-refractivity contribution in [3.05, 3.63) is 231 Å². The predicted molar refractivity (Wildman–Crippen MR) is 298 cm³/mol. The fraction of sp³-hybridized carbons (Fsp3) is 0.158. The van der Waals surface area contributed by atoms with Crippen LogP contribution in [0.3, 0.4) is 0 Å². The van der Waals surface area contributed by atoms with Crippen LogP contribution in [-0.4, -0.2) is 55.5 Å². The molecular weight excluding hydrogens is 1200 g/mol. The molecule has 0 saturated carbocycles. The van der Waals surface area contributed by atoms with Crippen molar-refractivity contribution in [3.8, 4) is 0 Å². The van der Waals surface area contributed by atoms with Crippen molar-refractivity contribution < 1.29 is 80.6 Å². The van der Waals surface area contributed by atoms with E-state index in [0.29, 0.717) is 51.2 Å². The molecule has 1 heterocycles. The van der Waals surface area contributed by atoms with Gasteiger partial charge in [-0.15, -0.1) is 10.2 Å². The first-order valence-corrected chi connectivity index (χ1v) is 28.9. The third kappa shape index (κ3) is 21.4. The van der Waals surface area contributed by atoms with Crippen molar-refractivity contribution in [2.75, 3.05) is 16.2 Å². The molecule has 0 atom stereocenters. The number of hydrogen-bond donors (Lipinski definition) is 4. The maximum atomic E-state index is 12.6. The highest BCUT2D eigenvalue weighted by atomic mass is 35.7. The summed E-state index contributed by atoms with van der Waals surface area (Å²) in [6, 6.07) is 37.3. The van der Waals surface area contributed by atoms with Crippen LogP contribution in [0.5, 0.6) is 0 Å². The summed E-state index contributed by atoms with van der Waals surface area (Å²) in [5.74, 6) is -1.48. The van der Waals surface area contributed by atoms with Crippen molar-refractivity contribution in [2.45, 2.75) is 66.8 Å². The van der Waals surface area contributed by atoms with Crippen LogP contribution >= 0.6 is 22.0 Å². The maximum Gasteiger partial charge on any atom is 0.416 e. The number of nitrogen functional groups attached to an aromatic ring is 2. The number of hydrogen-bond acceptors (Lipinski definition) is 13. The molecule has 14 nitrogen and oxygen atoms in total. The van der Waals surface area contributed by atoms with Gasteiger partial charge in [0.05, 0.1) is 32.0 Å². The highest BCUT2D eigenvalue weighted by Gasteiger charge is 2.32. The normalized spacial score (nSPS) is 11.5. The summed E-state index contributed by atoms with van der Waals surface area (Å²) in [5, 5.41) is 15.7. The van der Waals surface area contributed by atoms with Crippen LogP contribution in [0.25, 0.3) is 0 Å². The van der Waals surface area contributed by atoms with Gasteiger partial charge in [-0.3, -0.25) is 19.1 Å². The molecule has 0 unspecified atom stereocenters. The van der Waals surface area contributed by atoms with E-state index in [2.05, 4.69) is 14.9 Å². The first kappa shape index (κ1) is 66.3. The van der Waals surface area contributed by atoms with Crippen LogP contribution in [-0.2, 0) is 56.9 Å². The Hall–Kier alpha value is -8.46. The first-order chi connectivity index (χ1) is 39.3. The van der Waals surface area contributed by atoms with E-state index in [1.54, 1.807) is 36.4 Å². The molecule has 0 aliphatic heterocycles. The number of carbonyl (C=O) groups excluding carboxylic acids is 3. The number of nitrogens with one attached hydrogen (secondary N) is 1. The molecule has 0 aliphatic carbocycles. The zero-order valence-corrected chi connectivity index (χ0v) is 46.5. The minimum absolute atomic E-state index is 0.0352. The molecular formula is C57H47ClF9N5O9S3. The molecule has 0 saturated heterocycles. The Balaban J connectivity index is 0.000000215. The van der Waals surface area contributed by atoms with Gasteiger partial charge in [0.2, 0.25) is 5.13 Å². The number of carboxylic acid groups (broad SMARTS) is 1. The Morgan fingerprint density at radius 2 is 0.762 bits per heavy atom. The van der Waals surface area contributed by atoms with Crippen LogP contribution in [0.1, 0.15) is 94.1 Å². The number of aromatic nitrogens is 2. The number of ketones is 3. The van der Waals surface area contributed by atoms with E-state index < -0.39 is 60.3 Å². The molecule has 84 heavy (non-hydrogen) atoms. The van der Waals surface area contributed by atoms with Crippen LogP contribution < -0.4 is 16.2 Å². The summed E-state index contributed by atoms with van der Waals surface area (Å²) < 4.78 is 161. The first-order valence-electron chi connectivity index (χ1n) is 24.2. The molecule has 27 heteroatoms. The van der Waals surface area contributed by atoms with Crippen LogP contribution in [0.4, 0.5) is 56.0 Å². The Bertz CT molecular complexity index is 3710. The van der Waals surface area contributed by atoms with Gasteiger partial charge in [-0.25, -0.2) is 21.6 Å². The van der Waals surface area contributed by atoms with Crippen molar-refractivity contribution >= 4 is 80.9 Å². The van der Waals surface area contributed by atoms with E-state index in [9.17, 15) is 75.5 Å². The largest absolute Gasteiger partial charge is 0.478 e. The third-order valence-corrected chi connectivity index (χ3v) is 15.1. The zero-order valence-electron chi connectivity index (χ0n) is 43.3. The number of halogens is 10. The molecule has 7 aromatic carbocycles. The fourth-order valence-corrected chi connectivity index (χ4v) is 9.56. The molecule has 442 valence electrons. The standard InChI is InChI=1S/C18H14F3N3O3S2.C16H12ClF3O3S.C16H14F3NO.C7H7NO2/c19-18(20,21)14-6-1-12(2-7-14)3-10-16(25)13-4-8-15(9-5-13)29(26,27)24-17-23-22-11-28-17;17-24(22,23)14-8-4-12(5-9-14)15(21)10-3-11-1-6-13(7-2-11)16(18,19)20;17-16(18,19)13-6-1-11(2-7-13)3-10-15(21)12-4-8-14(20)9-5-12;8-6-3-1-5(2-4-6)7(9)10/h1-2,4-9,11H,3,10H2,(H,23,24);1-2,4-9H,3,10H2;1-2,4-9H,3,10,20H2;1-4H,8H2,(H,9,10). The van der Waals surface area contributed by atoms with Crippen molar-refractivity contribution in [3.63, 3.8) is 0 Å². The number of carboxylic acids is 1. The minimum atomic E-state index is -4.40. The van der Waals surface area contributed by atoms with Gasteiger partial charge in [-0.2, -0.15) is 39.5 Å². The quantitative estimate of drug-likeness (QED) is 0.0287. The Kier molecular flexibility index (Phi) is 23.0. The number of nitrogens with zero attached hydrogens (tertiary/aromatic N) is 2. The zero-order chi connectivity index (χ0) is 62.0. The predicted octanol–water partition coefficient (Wildman–Crippen LogP) is 13.7. The average Bonchev–Trinajstić information content (AvgIpc) is 4.13. The average molecular weight is 1250 g/mol. The summed E-state index contributed by atoms with van der Waals surface area (Å²) in [7, 11) is -2.51.